The molecule has 102 valence electrons. The quantitative estimate of drug-likeness (QED) is 0.730. The highest BCUT2D eigenvalue weighted by Gasteiger charge is 2.29. The van der Waals surface area contributed by atoms with Crippen LogP contribution in [0.25, 0.3) is 0 Å². The number of halogens is 3. The molecule has 0 radical (unpaired) electrons. The molecule has 0 saturated carbocycles. The van der Waals surface area contributed by atoms with E-state index < -0.39 is 11.7 Å². The van der Waals surface area contributed by atoms with Crippen LogP contribution >= 0.6 is 34.8 Å². The van der Waals surface area contributed by atoms with Crippen molar-refractivity contribution in [3.8, 4) is 0 Å². The van der Waals surface area contributed by atoms with E-state index in [0.717, 1.165) is 0 Å². The van der Waals surface area contributed by atoms with Gasteiger partial charge in [0.1, 0.15) is 5.03 Å². The zero-order valence-electron chi connectivity index (χ0n) is 10.3. The number of hydrogen-bond donors (Lipinski definition) is 0. The normalized spacial score (nSPS) is 18.0. The number of benzene rings is 1. The van der Waals surface area contributed by atoms with Gasteiger partial charge in [-0.05, 0) is 24.6 Å². The van der Waals surface area contributed by atoms with Crippen molar-refractivity contribution in [2.24, 2.45) is 4.99 Å². The number of allylic oxidation sites excluding steroid dienone is 4. The molecule has 1 amide bonds. The predicted molar refractivity (Wildman–Crippen MR) is 80.5 cm³/mol. The second-order valence-electron chi connectivity index (χ2n) is 4.03. The standard InChI is InChI=1S/C14H8Cl3NO2/c1-7-9(15)13(19)11(17)10(16)12(7)18-14(20)8-5-3-2-4-6-8/h2-6H,1H3. The first-order valence-electron chi connectivity index (χ1n) is 5.58. The van der Waals surface area contributed by atoms with E-state index in [1.165, 1.54) is 0 Å². The number of rotatable bonds is 1. The molecule has 1 aliphatic rings. The third-order valence-electron chi connectivity index (χ3n) is 2.72. The van der Waals surface area contributed by atoms with E-state index in [1.807, 2.05) is 0 Å². The van der Waals surface area contributed by atoms with Gasteiger partial charge in [-0.3, -0.25) is 9.59 Å². The number of nitrogens with zero attached hydrogens (tertiary/aromatic N) is 1. The lowest BCUT2D eigenvalue weighted by Crippen LogP contribution is -2.18. The van der Waals surface area contributed by atoms with Gasteiger partial charge in [0.2, 0.25) is 5.78 Å². The van der Waals surface area contributed by atoms with Crippen molar-refractivity contribution < 1.29 is 9.59 Å². The topological polar surface area (TPSA) is 46.5 Å². The van der Waals surface area contributed by atoms with Crippen LogP contribution in [0.15, 0.2) is 56.0 Å². The van der Waals surface area contributed by atoms with Gasteiger partial charge in [0.15, 0.2) is 0 Å². The predicted octanol–water partition coefficient (Wildman–Crippen LogP) is 4.05. The SMILES string of the molecule is CC1=C(Cl)C(=O)C(Cl)=C(Cl)C1=NC(=O)c1ccccc1. The second kappa shape index (κ2) is 5.92. The number of amides is 1. The lowest BCUT2D eigenvalue weighted by Gasteiger charge is -2.14. The van der Waals surface area contributed by atoms with Crippen molar-refractivity contribution in [2.75, 3.05) is 0 Å². The molecule has 0 N–H and O–H groups in total. The van der Waals surface area contributed by atoms with Gasteiger partial charge in [0.25, 0.3) is 5.91 Å². The number of hydrogen-bond acceptors (Lipinski definition) is 2. The van der Waals surface area contributed by atoms with Gasteiger partial charge in [0.05, 0.1) is 15.8 Å². The first kappa shape index (κ1) is 15.0. The summed E-state index contributed by atoms with van der Waals surface area (Å²) in [6, 6.07) is 8.48. The lowest BCUT2D eigenvalue weighted by molar-refractivity contribution is -0.111. The van der Waals surface area contributed by atoms with Crippen LogP contribution in [0, 0.1) is 0 Å². The van der Waals surface area contributed by atoms with Crippen LogP contribution in [-0.2, 0) is 4.79 Å². The highest BCUT2D eigenvalue weighted by molar-refractivity contribution is 6.64. The Bertz CT molecular complexity index is 658. The lowest BCUT2D eigenvalue weighted by atomic mass is 10.0. The third-order valence-corrected chi connectivity index (χ3v) is 4.00. The minimum absolute atomic E-state index is 0.0668. The van der Waals surface area contributed by atoms with Crippen molar-refractivity contribution in [1.29, 1.82) is 0 Å². The molecule has 0 aromatic heterocycles. The first-order chi connectivity index (χ1) is 9.43. The van der Waals surface area contributed by atoms with Crippen LogP contribution in [0.2, 0.25) is 0 Å². The van der Waals surface area contributed by atoms with E-state index in [1.54, 1.807) is 37.3 Å². The summed E-state index contributed by atoms with van der Waals surface area (Å²) in [5.41, 5.74) is 0.854. The van der Waals surface area contributed by atoms with Crippen LogP contribution in [-0.4, -0.2) is 17.4 Å². The first-order valence-corrected chi connectivity index (χ1v) is 6.72. The molecule has 0 bridgehead atoms. The Kier molecular flexibility index (Phi) is 4.43. The highest BCUT2D eigenvalue weighted by atomic mass is 35.5. The fourth-order valence-corrected chi connectivity index (χ4v) is 2.30. The molecule has 3 nitrogen and oxygen atoms in total. The maximum Gasteiger partial charge on any atom is 0.277 e. The zero-order chi connectivity index (χ0) is 14.9. The maximum absolute atomic E-state index is 12.0. The van der Waals surface area contributed by atoms with E-state index >= 15 is 0 Å². The minimum Gasteiger partial charge on any atom is -0.287 e. The summed E-state index contributed by atoms with van der Waals surface area (Å²) >= 11 is 17.6. The van der Waals surface area contributed by atoms with Crippen LogP contribution in [0.1, 0.15) is 17.3 Å². The molecule has 0 fully saturated rings. The molecular formula is C14H8Cl3NO2. The average Bonchev–Trinajstić information content (AvgIpc) is 2.48. The molecule has 0 spiro atoms. The van der Waals surface area contributed by atoms with Gasteiger partial charge in [-0.1, -0.05) is 53.0 Å². The highest BCUT2D eigenvalue weighted by Crippen LogP contribution is 2.32. The molecule has 0 atom stereocenters. The van der Waals surface area contributed by atoms with Gasteiger partial charge in [-0.15, -0.1) is 0 Å². The summed E-state index contributed by atoms with van der Waals surface area (Å²) in [6.07, 6.45) is 0. The van der Waals surface area contributed by atoms with E-state index in [4.69, 9.17) is 34.8 Å². The molecule has 0 aliphatic heterocycles. The Balaban J connectivity index is 2.49. The van der Waals surface area contributed by atoms with Crippen molar-refractivity contribution in [1.82, 2.24) is 0 Å². The average molecular weight is 329 g/mol. The maximum atomic E-state index is 12.0. The summed E-state index contributed by atoms with van der Waals surface area (Å²) in [6.45, 7) is 1.56. The Labute approximate surface area is 130 Å². The Hall–Kier alpha value is -1.42. The van der Waals surface area contributed by atoms with Crippen molar-refractivity contribution in [2.45, 2.75) is 6.92 Å². The van der Waals surface area contributed by atoms with Crippen LogP contribution in [0.5, 0.6) is 0 Å². The van der Waals surface area contributed by atoms with Crippen molar-refractivity contribution in [3.05, 3.63) is 56.6 Å². The number of ketones is 1. The molecule has 1 aromatic carbocycles. The van der Waals surface area contributed by atoms with Gasteiger partial charge in [-0.2, -0.15) is 0 Å². The Morgan fingerprint density at radius 2 is 1.60 bits per heavy atom. The minimum atomic E-state index is -0.568. The second-order valence-corrected chi connectivity index (χ2v) is 5.16. The van der Waals surface area contributed by atoms with E-state index in [9.17, 15) is 9.59 Å². The summed E-state index contributed by atoms with van der Waals surface area (Å²) in [7, 11) is 0. The summed E-state index contributed by atoms with van der Waals surface area (Å²) in [4.78, 5) is 27.6. The monoisotopic (exact) mass is 327 g/mol. The summed E-state index contributed by atoms with van der Waals surface area (Å²) < 4.78 is 0. The molecule has 0 saturated heterocycles. The van der Waals surface area contributed by atoms with Crippen LogP contribution in [0.4, 0.5) is 0 Å². The van der Waals surface area contributed by atoms with Crippen LogP contribution in [0.3, 0.4) is 0 Å². The molecule has 6 heteroatoms. The smallest absolute Gasteiger partial charge is 0.277 e. The van der Waals surface area contributed by atoms with Crippen molar-refractivity contribution >= 4 is 52.2 Å². The summed E-state index contributed by atoms with van der Waals surface area (Å²) in [5.74, 6) is -1.05. The number of carbonyl (C=O) groups is 2. The Morgan fingerprint density at radius 1 is 1.00 bits per heavy atom. The van der Waals surface area contributed by atoms with E-state index in [0.29, 0.717) is 11.1 Å². The molecule has 0 heterocycles. The molecular weight excluding hydrogens is 321 g/mol. The Morgan fingerprint density at radius 3 is 2.20 bits per heavy atom. The molecule has 1 aromatic rings. The van der Waals surface area contributed by atoms with Crippen LogP contribution < -0.4 is 0 Å². The van der Waals surface area contributed by atoms with Gasteiger partial charge in [0, 0.05) is 5.56 Å². The summed E-state index contributed by atoms with van der Waals surface area (Å²) in [5, 5.41) is -0.385. The van der Waals surface area contributed by atoms with Gasteiger partial charge < -0.3 is 0 Å². The molecule has 1 aliphatic carbocycles. The van der Waals surface area contributed by atoms with Gasteiger partial charge in [-0.25, -0.2) is 4.99 Å². The van der Waals surface area contributed by atoms with E-state index in [2.05, 4.69) is 4.99 Å². The fourth-order valence-electron chi connectivity index (χ4n) is 1.62. The van der Waals surface area contributed by atoms with E-state index in [-0.39, 0.29) is 20.8 Å². The molecule has 0 unspecified atom stereocenters. The number of carbonyl (C=O) groups excluding carboxylic acids is 2. The number of Topliss-reactive ketones (excluding diaryl/α,β-unsaturated/α-hetero) is 1. The molecule has 20 heavy (non-hydrogen) atoms. The van der Waals surface area contributed by atoms with Crippen molar-refractivity contribution in [3.63, 3.8) is 0 Å². The van der Waals surface area contributed by atoms with Gasteiger partial charge >= 0.3 is 0 Å². The fraction of sp³-hybridized carbons (Fsp3) is 0.0714. The number of aliphatic imine (C=N–C) groups is 1. The third kappa shape index (κ3) is 2.70. The molecule has 2 rings (SSSR count). The zero-order valence-corrected chi connectivity index (χ0v) is 12.6. The largest absolute Gasteiger partial charge is 0.287 e.